The zero-order valence-electron chi connectivity index (χ0n) is 9.59. The maximum absolute atomic E-state index is 11.9. The van der Waals surface area contributed by atoms with Gasteiger partial charge < -0.3 is 4.74 Å². The highest BCUT2D eigenvalue weighted by Gasteiger charge is 2.47. The number of carbonyl (C=O) groups is 1. The minimum absolute atomic E-state index is 0.171. The molecule has 1 heterocycles. The summed E-state index contributed by atoms with van der Waals surface area (Å²) in [5.74, 6) is 0.378. The number of hydrogen-bond acceptors (Lipinski definition) is 3. The molecule has 0 bridgehead atoms. The van der Waals surface area contributed by atoms with Crippen molar-refractivity contribution in [1.29, 1.82) is 0 Å². The van der Waals surface area contributed by atoms with Gasteiger partial charge in [-0.15, -0.1) is 0 Å². The summed E-state index contributed by atoms with van der Waals surface area (Å²) >= 11 is 0. The number of carbonyl (C=O) groups excluding carboxylic acids is 1. The van der Waals surface area contributed by atoms with Gasteiger partial charge in [0.1, 0.15) is 6.10 Å². The molecule has 3 rings (SSSR count). The van der Waals surface area contributed by atoms with Gasteiger partial charge in [0.25, 0.3) is 11.9 Å². The lowest BCUT2D eigenvalue weighted by atomic mass is 10.2. The monoisotopic (exact) mass is 230 g/mol. The van der Waals surface area contributed by atoms with Crippen LogP contribution in [0.3, 0.4) is 0 Å². The van der Waals surface area contributed by atoms with Crippen molar-refractivity contribution in [1.82, 2.24) is 5.32 Å². The molecular weight excluding hydrogens is 216 g/mol. The fraction of sp³-hybridized carbons (Fsp3) is 0.385. The number of rotatable bonds is 1. The van der Waals surface area contributed by atoms with Gasteiger partial charge in [0, 0.05) is 11.5 Å². The van der Waals surface area contributed by atoms with E-state index in [0.29, 0.717) is 17.5 Å². The Balaban J connectivity index is 1.69. The summed E-state index contributed by atoms with van der Waals surface area (Å²) in [6.45, 7) is 2.06. The Morgan fingerprint density at radius 3 is 2.88 bits per heavy atom. The molecule has 1 saturated carbocycles. The molecule has 0 saturated heterocycles. The van der Waals surface area contributed by atoms with Gasteiger partial charge in [-0.3, -0.25) is 10.1 Å². The van der Waals surface area contributed by atoms with Crippen LogP contribution in [0.5, 0.6) is 0 Å². The summed E-state index contributed by atoms with van der Waals surface area (Å²) in [5.41, 5.74) is 0.615. The van der Waals surface area contributed by atoms with Gasteiger partial charge in [0.2, 0.25) is 0 Å². The standard InChI is InChI=1S/C13H14N2O2/c1-8-10-7-11(10)17-13(14-8)15-12(16)9-5-3-2-4-6-9/h2-6,8,10-11H,7H2,1H3,(H,14,15,16)/t8-,10+,11+/m0/s1. The van der Waals surface area contributed by atoms with E-state index in [2.05, 4.69) is 17.2 Å². The zero-order chi connectivity index (χ0) is 11.8. The summed E-state index contributed by atoms with van der Waals surface area (Å²) in [6.07, 6.45) is 1.31. The molecular formula is C13H14N2O2. The van der Waals surface area contributed by atoms with Crippen molar-refractivity contribution < 1.29 is 9.53 Å². The van der Waals surface area contributed by atoms with Gasteiger partial charge in [-0.1, -0.05) is 18.2 Å². The van der Waals surface area contributed by atoms with Crippen LogP contribution in [0.1, 0.15) is 23.7 Å². The molecule has 0 unspecified atom stereocenters. The molecule has 1 aliphatic heterocycles. The minimum Gasteiger partial charge on any atom is -0.461 e. The second kappa shape index (κ2) is 3.87. The Labute approximate surface area is 99.7 Å². The van der Waals surface area contributed by atoms with Crippen LogP contribution in [0.4, 0.5) is 0 Å². The number of amides is 1. The van der Waals surface area contributed by atoms with Gasteiger partial charge in [0.05, 0.1) is 6.04 Å². The van der Waals surface area contributed by atoms with Gasteiger partial charge in [0.15, 0.2) is 0 Å². The predicted molar refractivity (Wildman–Crippen MR) is 63.8 cm³/mol. The van der Waals surface area contributed by atoms with Crippen molar-refractivity contribution in [2.75, 3.05) is 0 Å². The number of fused-ring (bicyclic) bond motifs is 1. The van der Waals surface area contributed by atoms with Crippen LogP contribution >= 0.6 is 0 Å². The molecule has 1 aliphatic carbocycles. The molecule has 0 aromatic heterocycles. The summed E-state index contributed by atoms with van der Waals surface area (Å²) in [7, 11) is 0. The fourth-order valence-corrected chi connectivity index (χ4v) is 2.11. The van der Waals surface area contributed by atoms with Gasteiger partial charge in [-0.05, 0) is 25.5 Å². The first-order valence-electron chi connectivity index (χ1n) is 5.85. The van der Waals surface area contributed by atoms with Crippen molar-refractivity contribution in [3.63, 3.8) is 0 Å². The van der Waals surface area contributed by atoms with E-state index in [-0.39, 0.29) is 18.1 Å². The second-order valence-corrected chi connectivity index (χ2v) is 4.55. The normalized spacial score (nSPS) is 29.7. The number of hydrogen-bond donors (Lipinski definition) is 1. The molecule has 1 amide bonds. The van der Waals surface area contributed by atoms with E-state index in [0.717, 1.165) is 6.42 Å². The minimum atomic E-state index is -0.171. The first-order chi connectivity index (χ1) is 8.24. The molecule has 2 aliphatic rings. The Kier molecular flexibility index (Phi) is 2.35. The van der Waals surface area contributed by atoms with E-state index in [9.17, 15) is 4.79 Å². The second-order valence-electron chi connectivity index (χ2n) is 4.55. The Morgan fingerprint density at radius 1 is 1.41 bits per heavy atom. The lowest BCUT2D eigenvalue weighted by Gasteiger charge is -2.17. The molecule has 1 fully saturated rings. The van der Waals surface area contributed by atoms with Gasteiger partial charge in [-0.25, -0.2) is 4.99 Å². The van der Waals surface area contributed by atoms with E-state index in [1.807, 2.05) is 18.2 Å². The summed E-state index contributed by atoms with van der Waals surface area (Å²) < 4.78 is 5.54. The molecule has 1 N–H and O–H groups in total. The van der Waals surface area contributed by atoms with Crippen LogP contribution in [-0.4, -0.2) is 24.1 Å². The van der Waals surface area contributed by atoms with Crippen molar-refractivity contribution in [2.24, 2.45) is 10.9 Å². The van der Waals surface area contributed by atoms with Crippen LogP contribution in [0.15, 0.2) is 35.3 Å². The van der Waals surface area contributed by atoms with Crippen molar-refractivity contribution in [3.8, 4) is 0 Å². The summed E-state index contributed by atoms with van der Waals surface area (Å²) in [6, 6.07) is 9.69. The number of nitrogens with one attached hydrogen (secondary N) is 1. The highest BCUT2D eigenvalue weighted by atomic mass is 16.5. The topological polar surface area (TPSA) is 50.7 Å². The molecule has 3 atom stereocenters. The third-order valence-electron chi connectivity index (χ3n) is 3.24. The first-order valence-corrected chi connectivity index (χ1v) is 5.85. The van der Waals surface area contributed by atoms with Crippen molar-refractivity contribution in [3.05, 3.63) is 35.9 Å². The quantitative estimate of drug-likeness (QED) is 0.796. The number of benzene rings is 1. The van der Waals surface area contributed by atoms with Crippen LogP contribution in [-0.2, 0) is 4.74 Å². The Hall–Kier alpha value is -1.84. The fourth-order valence-electron chi connectivity index (χ4n) is 2.11. The van der Waals surface area contributed by atoms with Crippen LogP contribution < -0.4 is 5.32 Å². The third-order valence-corrected chi connectivity index (χ3v) is 3.24. The van der Waals surface area contributed by atoms with E-state index in [4.69, 9.17) is 4.74 Å². The molecule has 17 heavy (non-hydrogen) atoms. The molecule has 0 radical (unpaired) electrons. The van der Waals surface area contributed by atoms with Gasteiger partial charge in [-0.2, -0.15) is 0 Å². The summed E-state index contributed by atoms with van der Waals surface area (Å²) in [4.78, 5) is 16.2. The third kappa shape index (κ3) is 2.02. The Morgan fingerprint density at radius 2 is 2.18 bits per heavy atom. The molecule has 1 aromatic rings. The SMILES string of the molecule is C[C@@H]1N=C(NC(=O)c2ccccc2)O[C@@H]2C[C@H]12. The maximum Gasteiger partial charge on any atom is 0.292 e. The predicted octanol–water partition coefficient (Wildman–Crippen LogP) is 1.58. The lowest BCUT2D eigenvalue weighted by molar-refractivity contribution is 0.0960. The van der Waals surface area contributed by atoms with Crippen LogP contribution in [0.2, 0.25) is 0 Å². The van der Waals surface area contributed by atoms with E-state index in [1.165, 1.54) is 0 Å². The van der Waals surface area contributed by atoms with Gasteiger partial charge >= 0.3 is 0 Å². The summed E-state index contributed by atoms with van der Waals surface area (Å²) in [5, 5.41) is 2.71. The van der Waals surface area contributed by atoms with E-state index in [1.54, 1.807) is 12.1 Å². The van der Waals surface area contributed by atoms with E-state index < -0.39 is 0 Å². The van der Waals surface area contributed by atoms with Crippen LogP contribution in [0.25, 0.3) is 0 Å². The smallest absolute Gasteiger partial charge is 0.292 e. The number of ether oxygens (including phenoxy) is 1. The average molecular weight is 230 g/mol. The highest BCUT2D eigenvalue weighted by molar-refractivity contribution is 6.04. The largest absolute Gasteiger partial charge is 0.461 e. The number of nitrogens with zero attached hydrogens (tertiary/aromatic N) is 1. The lowest BCUT2D eigenvalue weighted by Crippen LogP contribution is -2.36. The first kappa shape index (κ1) is 10.3. The molecule has 0 spiro atoms. The Bertz CT molecular complexity index is 470. The van der Waals surface area contributed by atoms with Crippen LogP contribution in [0, 0.1) is 5.92 Å². The maximum atomic E-state index is 11.9. The molecule has 4 nitrogen and oxygen atoms in total. The van der Waals surface area contributed by atoms with E-state index >= 15 is 0 Å². The molecule has 1 aromatic carbocycles. The van der Waals surface area contributed by atoms with Crippen molar-refractivity contribution >= 4 is 11.9 Å². The molecule has 4 heteroatoms. The highest BCUT2D eigenvalue weighted by Crippen LogP contribution is 2.40. The average Bonchev–Trinajstić information content (AvgIpc) is 3.10. The number of aliphatic imine (C=N–C) groups is 1. The van der Waals surface area contributed by atoms with Crippen molar-refractivity contribution in [2.45, 2.75) is 25.5 Å². The number of amidine groups is 1. The zero-order valence-corrected chi connectivity index (χ0v) is 9.59. The molecule has 88 valence electrons.